The number of pyridine rings is 1. The van der Waals surface area contributed by atoms with Crippen molar-refractivity contribution in [2.45, 2.75) is 19.8 Å². The predicted octanol–water partition coefficient (Wildman–Crippen LogP) is 3.83. The number of rotatable bonds is 4. The third-order valence-electron chi connectivity index (χ3n) is 2.84. The molecule has 0 saturated carbocycles. The molecule has 0 atom stereocenters. The van der Waals surface area contributed by atoms with Gasteiger partial charge in [0.05, 0.1) is 0 Å². The molecule has 0 unspecified atom stereocenters. The molecule has 0 fully saturated rings. The van der Waals surface area contributed by atoms with Crippen LogP contribution in [0, 0.1) is 0 Å². The molecule has 0 aliphatic carbocycles. The second-order valence-electron chi connectivity index (χ2n) is 4.12. The number of Topliss-reactive ketones (excluding diaryl/α,β-unsaturated/α-hetero) is 1. The predicted molar refractivity (Wildman–Crippen MR) is 75.8 cm³/mol. The summed E-state index contributed by atoms with van der Waals surface area (Å²) in [4.78, 5) is 16.3. The molecule has 1 aromatic heterocycles. The minimum Gasteiger partial charge on any atom is -0.294 e. The molecule has 2 aromatic rings. The van der Waals surface area contributed by atoms with Gasteiger partial charge < -0.3 is 0 Å². The lowest BCUT2D eigenvalue weighted by atomic mass is 9.99. The Morgan fingerprint density at radius 1 is 1.33 bits per heavy atom. The Morgan fingerprint density at radius 2 is 2.17 bits per heavy atom. The van der Waals surface area contributed by atoms with E-state index in [0.29, 0.717) is 6.42 Å². The zero-order valence-corrected chi connectivity index (χ0v) is 11.8. The molecule has 0 aliphatic heterocycles. The Hall–Kier alpha value is -1.48. The highest BCUT2D eigenvalue weighted by atomic mass is 79.9. The van der Waals surface area contributed by atoms with Crippen molar-refractivity contribution in [2.75, 3.05) is 0 Å². The summed E-state index contributed by atoms with van der Waals surface area (Å²) in [7, 11) is 0. The highest BCUT2D eigenvalue weighted by Crippen LogP contribution is 2.15. The lowest BCUT2D eigenvalue weighted by Gasteiger charge is -2.06. The van der Waals surface area contributed by atoms with Gasteiger partial charge in [0.25, 0.3) is 0 Å². The van der Waals surface area contributed by atoms with Crippen LogP contribution >= 0.6 is 15.9 Å². The van der Waals surface area contributed by atoms with Crippen LogP contribution in [0.25, 0.3) is 0 Å². The normalized spacial score (nSPS) is 10.3. The van der Waals surface area contributed by atoms with E-state index in [9.17, 15) is 4.79 Å². The van der Waals surface area contributed by atoms with E-state index in [2.05, 4.69) is 20.9 Å². The Labute approximate surface area is 115 Å². The molecule has 0 aliphatic rings. The standard InChI is InChI=1S/C15H14BrNO/c1-2-12-10-17-7-6-14(12)15(18)9-11-4-3-5-13(16)8-11/h3-8,10H,2,9H2,1H3. The van der Waals surface area contributed by atoms with Crippen LogP contribution in [0.15, 0.2) is 47.2 Å². The summed E-state index contributed by atoms with van der Waals surface area (Å²) in [6.45, 7) is 2.03. The summed E-state index contributed by atoms with van der Waals surface area (Å²) < 4.78 is 0.998. The van der Waals surface area contributed by atoms with Gasteiger partial charge in [0.2, 0.25) is 0 Å². The number of halogens is 1. The number of benzene rings is 1. The average Bonchev–Trinajstić information content (AvgIpc) is 2.38. The third kappa shape index (κ3) is 3.05. The molecule has 1 heterocycles. The summed E-state index contributed by atoms with van der Waals surface area (Å²) >= 11 is 3.42. The first-order valence-electron chi connectivity index (χ1n) is 5.91. The van der Waals surface area contributed by atoms with Crippen molar-refractivity contribution in [3.8, 4) is 0 Å². The number of ketones is 1. The van der Waals surface area contributed by atoms with Gasteiger partial charge in [-0.15, -0.1) is 0 Å². The Kier molecular flexibility index (Phi) is 4.26. The first-order chi connectivity index (χ1) is 8.70. The molecule has 18 heavy (non-hydrogen) atoms. The van der Waals surface area contributed by atoms with Gasteiger partial charge in [-0.3, -0.25) is 9.78 Å². The van der Waals surface area contributed by atoms with Crippen LogP contribution in [0.4, 0.5) is 0 Å². The van der Waals surface area contributed by atoms with Crippen LogP contribution in [0.1, 0.15) is 28.4 Å². The van der Waals surface area contributed by atoms with Gasteiger partial charge in [0.1, 0.15) is 0 Å². The third-order valence-corrected chi connectivity index (χ3v) is 3.33. The smallest absolute Gasteiger partial charge is 0.167 e. The van der Waals surface area contributed by atoms with Gasteiger partial charge in [0, 0.05) is 28.9 Å². The highest BCUT2D eigenvalue weighted by Gasteiger charge is 2.11. The topological polar surface area (TPSA) is 30.0 Å². The van der Waals surface area contributed by atoms with Crippen molar-refractivity contribution >= 4 is 21.7 Å². The maximum Gasteiger partial charge on any atom is 0.167 e. The summed E-state index contributed by atoms with van der Waals surface area (Å²) in [5.74, 6) is 0.146. The van der Waals surface area contributed by atoms with Crippen LogP contribution in [0.2, 0.25) is 0 Å². The fourth-order valence-corrected chi connectivity index (χ4v) is 2.36. The van der Waals surface area contributed by atoms with E-state index in [4.69, 9.17) is 0 Å². The van der Waals surface area contributed by atoms with Crippen molar-refractivity contribution in [1.82, 2.24) is 4.98 Å². The zero-order chi connectivity index (χ0) is 13.0. The number of aromatic nitrogens is 1. The molecular weight excluding hydrogens is 290 g/mol. The maximum atomic E-state index is 12.3. The van der Waals surface area contributed by atoms with Crippen LogP contribution in [0.3, 0.4) is 0 Å². The molecule has 1 aromatic carbocycles. The second kappa shape index (κ2) is 5.91. The van der Waals surface area contributed by atoms with Crippen LogP contribution in [-0.2, 0) is 12.8 Å². The lowest BCUT2D eigenvalue weighted by Crippen LogP contribution is -2.07. The molecular formula is C15H14BrNO. The first kappa shape index (κ1) is 13.0. The van der Waals surface area contributed by atoms with E-state index in [1.165, 1.54) is 0 Å². The van der Waals surface area contributed by atoms with Gasteiger partial charge in [-0.25, -0.2) is 0 Å². The lowest BCUT2D eigenvalue weighted by molar-refractivity contribution is 0.0992. The number of carbonyl (C=O) groups is 1. The van der Waals surface area contributed by atoms with Gasteiger partial charge in [-0.1, -0.05) is 35.0 Å². The van der Waals surface area contributed by atoms with E-state index >= 15 is 0 Å². The molecule has 2 rings (SSSR count). The Balaban J connectivity index is 2.22. The van der Waals surface area contributed by atoms with E-state index in [1.807, 2.05) is 31.2 Å². The summed E-state index contributed by atoms with van der Waals surface area (Å²) in [6.07, 6.45) is 4.70. The number of hydrogen-bond donors (Lipinski definition) is 0. The summed E-state index contributed by atoms with van der Waals surface area (Å²) in [6, 6.07) is 9.65. The molecule has 0 bridgehead atoms. The molecule has 0 N–H and O–H groups in total. The highest BCUT2D eigenvalue weighted by molar-refractivity contribution is 9.10. The van der Waals surface area contributed by atoms with Crippen molar-refractivity contribution in [2.24, 2.45) is 0 Å². The first-order valence-corrected chi connectivity index (χ1v) is 6.70. The Morgan fingerprint density at radius 3 is 2.89 bits per heavy atom. The van der Waals surface area contributed by atoms with Gasteiger partial charge in [-0.05, 0) is 35.7 Å². The molecule has 0 radical (unpaired) electrons. The quantitative estimate of drug-likeness (QED) is 0.804. The van der Waals surface area contributed by atoms with Gasteiger partial charge >= 0.3 is 0 Å². The van der Waals surface area contributed by atoms with E-state index < -0.39 is 0 Å². The Bertz CT molecular complexity index is 566. The SMILES string of the molecule is CCc1cnccc1C(=O)Cc1cccc(Br)c1. The summed E-state index contributed by atoms with van der Waals surface area (Å²) in [5, 5.41) is 0. The number of hydrogen-bond acceptors (Lipinski definition) is 2. The monoisotopic (exact) mass is 303 g/mol. The fraction of sp³-hybridized carbons (Fsp3) is 0.200. The molecule has 0 spiro atoms. The second-order valence-corrected chi connectivity index (χ2v) is 5.03. The zero-order valence-electron chi connectivity index (χ0n) is 10.2. The summed E-state index contributed by atoms with van der Waals surface area (Å²) in [5.41, 5.74) is 2.82. The van der Waals surface area contributed by atoms with E-state index in [0.717, 1.165) is 27.6 Å². The van der Waals surface area contributed by atoms with Crippen molar-refractivity contribution in [3.63, 3.8) is 0 Å². The molecule has 0 amide bonds. The average molecular weight is 304 g/mol. The number of carbonyl (C=O) groups excluding carboxylic acids is 1. The van der Waals surface area contributed by atoms with Gasteiger partial charge in [-0.2, -0.15) is 0 Å². The maximum absolute atomic E-state index is 12.3. The van der Waals surface area contributed by atoms with Gasteiger partial charge in [0.15, 0.2) is 5.78 Å². The van der Waals surface area contributed by atoms with Crippen LogP contribution in [0.5, 0.6) is 0 Å². The minimum absolute atomic E-state index is 0.146. The number of nitrogens with zero attached hydrogens (tertiary/aromatic N) is 1. The van der Waals surface area contributed by atoms with Crippen molar-refractivity contribution < 1.29 is 4.79 Å². The fourth-order valence-electron chi connectivity index (χ4n) is 1.91. The molecule has 3 heteroatoms. The largest absolute Gasteiger partial charge is 0.294 e. The van der Waals surface area contributed by atoms with Crippen molar-refractivity contribution in [3.05, 3.63) is 63.9 Å². The van der Waals surface area contributed by atoms with Crippen LogP contribution < -0.4 is 0 Å². The number of aryl methyl sites for hydroxylation is 1. The van der Waals surface area contributed by atoms with Crippen LogP contribution in [-0.4, -0.2) is 10.8 Å². The van der Waals surface area contributed by atoms with Crippen molar-refractivity contribution in [1.29, 1.82) is 0 Å². The van der Waals surface area contributed by atoms with E-state index in [1.54, 1.807) is 18.5 Å². The molecule has 2 nitrogen and oxygen atoms in total. The molecule has 0 saturated heterocycles. The minimum atomic E-state index is 0.146. The molecule has 92 valence electrons. The van der Waals surface area contributed by atoms with E-state index in [-0.39, 0.29) is 5.78 Å².